The Morgan fingerprint density at radius 3 is 2.61 bits per heavy atom. The molecule has 0 N–H and O–H groups in total. The fraction of sp³-hybridized carbons (Fsp3) is 0.417. The van der Waals surface area contributed by atoms with E-state index in [1.807, 2.05) is 6.07 Å². The van der Waals surface area contributed by atoms with Crippen LogP contribution >= 0.6 is 11.6 Å². The van der Waals surface area contributed by atoms with Crippen molar-refractivity contribution in [2.45, 2.75) is 11.3 Å². The van der Waals surface area contributed by atoms with E-state index in [-0.39, 0.29) is 21.4 Å². The van der Waals surface area contributed by atoms with Gasteiger partial charge in [0.15, 0.2) is 20.7 Å². The zero-order valence-corrected chi connectivity index (χ0v) is 13.8. The van der Waals surface area contributed by atoms with E-state index in [1.165, 1.54) is 17.9 Å². The van der Waals surface area contributed by atoms with Gasteiger partial charge >= 0.3 is 0 Å². The third-order valence-electron chi connectivity index (χ3n) is 3.25. The SMILES string of the molecule is Cn1nc(-n2ncc(C#N)c2C2OCCO2)c(Cl)c1S(C)(=O)=O. The number of hydrogen-bond donors (Lipinski definition) is 0. The van der Waals surface area contributed by atoms with Crippen molar-refractivity contribution in [1.82, 2.24) is 19.6 Å². The number of hydrogen-bond acceptors (Lipinski definition) is 7. The van der Waals surface area contributed by atoms with Crippen molar-refractivity contribution in [2.75, 3.05) is 19.5 Å². The zero-order valence-electron chi connectivity index (χ0n) is 12.2. The Balaban J connectivity index is 2.21. The Labute approximate surface area is 136 Å². The second-order valence-corrected chi connectivity index (χ2v) is 7.19. The summed E-state index contributed by atoms with van der Waals surface area (Å²) in [5, 5.41) is 17.2. The maximum Gasteiger partial charge on any atom is 0.202 e. The summed E-state index contributed by atoms with van der Waals surface area (Å²) in [6, 6.07) is 1.99. The van der Waals surface area contributed by atoms with Gasteiger partial charge in [0.05, 0.1) is 25.0 Å². The van der Waals surface area contributed by atoms with Crippen molar-refractivity contribution in [3.05, 3.63) is 22.5 Å². The van der Waals surface area contributed by atoms with Crippen LogP contribution < -0.4 is 0 Å². The third-order valence-corrected chi connectivity index (χ3v) is 4.88. The first-order valence-electron chi connectivity index (χ1n) is 6.48. The average Bonchev–Trinajstić information content (AvgIpc) is 3.15. The molecule has 0 radical (unpaired) electrons. The maximum atomic E-state index is 11.8. The van der Waals surface area contributed by atoms with Crippen LogP contribution in [0.2, 0.25) is 5.02 Å². The summed E-state index contributed by atoms with van der Waals surface area (Å²) < 4.78 is 36.9. The molecule has 3 heterocycles. The van der Waals surface area contributed by atoms with E-state index in [2.05, 4.69) is 10.2 Å². The molecule has 1 aliphatic heterocycles. The van der Waals surface area contributed by atoms with Crippen molar-refractivity contribution in [3.8, 4) is 11.9 Å². The molecule has 2 aromatic heterocycles. The number of rotatable bonds is 3. The molecule has 3 rings (SSSR count). The Bertz CT molecular complexity index is 905. The molecule has 0 atom stereocenters. The number of halogens is 1. The Kier molecular flexibility index (Phi) is 3.89. The first-order valence-corrected chi connectivity index (χ1v) is 8.75. The van der Waals surface area contributed by atoms with E-state index < -0.39 is 16.1 Å². The fourth-order valence-electron chi connectivity index (χ4n) is 2.36. The van der Waals surface area contributed by atoms with E-state index in [4.69, 9.17) is 21.1 Å². The van der Waals surface area contributed by atoms with Gasteiger partial charge in [-0.2, -0.15) is 15.5 Å². The van der Waals surface area contributed by atoms with Crippen LogP contribution in [0.4, 0.5) is 0 Å². The van der Waals surface area contributed by atoms with Gasteiger partial charge in [0, 0.05) is 13.3 Å². The van der Waals surface area contributed by atoms with Gasteiger partial charge in [-0.15, -0.1) is 0 Å². The lowest BCUT2D eigenvalue weighted by Gasteiger charge is -2.11. The summed E-state index contributed by atoms with van der Waals surface area (Å²) >= 11 is 6.19. The summed E-state index contributed by atoms with van der Waals surface area (Å²) in [7, 11) is -2.12. The van der Waals surface area contributed by atoms with Crippen molar-refractivity contribution in [3.63, 3.8) is 0 Å². The fourth-order valence-corrected chi connectivity index (χ4v) is 3.96. The molecular weight excluding hydrogens is 346 g/mol. The molecule has 0 bridgehead atoms. The molecule has 0 spiro atoms. The minimum atomic E-state index is -3.58. The van der Waals surface area contributed by atoms with Gasteiger partial charge in [-0.05, 0) is 0 Å². The summed E-state index contributed by atoms with van der Waals surface area (Å²) in [4.78, 5) is 0. The standard InChI is InChI=1S/C12H12ClN5O4S/c1-17-11(23(2,19)20)8(13)10(16-17)18-9(7(5-14)6-15-18)12-21-3-4-22-12/h6,12H,3-4H2,1-2H3. The summed E-state index contributed by atoms with van der Waals surface area (Å²) in [6.07, 6.45) is 1.57. The highest BCUT2D eigenvalue weighted by Gasteiger charge is 2.31. The van der Waals surface area contributed by atoms with Crippen LogP contribution in [0.15, 0.2) is 11.2 Å². The van der Waals surface area contributed by atoms with Crippen LogP contribution in [0.3, 0.4) is 0 Å². The molecular formula is C12H12ClN5O4S. The monoisotopic (exact) mass is 357 g/mol. The molecule has 1 fully saturated rings. The molecule has 0 aromatic carbocycles. The molecule has 9 nitrogen and oxygen atoms in total. The third kappa shape index (κ3) is 2.61. The highest BCUT2D eigenvalue weighted by Crippen LogP contribution is 2.32. The second-order valence-electron chi connectivity index (χ2n) is 4.88. The largest absolute Gasteiger partial charge is 0.345 e. The lowest BCUT2D eigenvalue weighted by Crippen LogP contribution is -2.10. The molecule has 0 unspecified atom stereocenters. The molecule has 2 aromatic rings. The van der Waals surface area contributed by atoms with Crippen molar-refractivity contribution in [1.29, 1.82) is 5.26 Å². The summed E-state index contributed by atoms with van der Waals surface area (Å²) in [6.45, 7) is 0.760. The van der Waals surface area contributed by atoms with Crippen LogP contribution in [-0.2, 0) is 26.4 Å². The van der Waals surface area contributed by atoms with E-state index in [0.717, 1.165) is 10.9 Å². The molecule has 11 heteroatoms. The van der Waals surface area contributed by atoms with Crippen LogP contribution in [0.1, 0.15) is 17.5 Å². The number of sulfone groups is 1. The molecule has 1 saturated heterocycles. The summed E-state index contributed by atoms with van der Waals surface area (Å²) in [5.41, 5.74) is 0.560. The lowest BCUT2D eigenvalue weighted by atomic mass is 10.2. The predicted octanol–water partition coefficient (Wildman–Crippen LogP) is 0.580. The summed E-state index contributed by atoms with van der Waals surface area (Å²) in [5.74, 6) is 0.0881. The van der Waals surface area contributed by atoms with E-state index in [1.54, 1.807) is 0 Å². The van der Waals surface area contributed by atoms with Crippen molar-refractivity contribution < 1.29 is 17.9 Å². The number of nitriles is 1. The van der Waals surface area contributed by atoms with E-state index >= 15 is 0 Å². The number of nitrogens with zero attached hydrogens (tertiary/aromatic N) is 5. The first-order chi connectivity index (χ1) is 10.8. The van der Waals surface area contributed by atoms with E-state index in [9.17, 15) is 13.7 Å². The lowest BCUT2D eigenvalue weighted by molar-refractivity contribution is -0.0491. The normalized spacial score (nSPS) is 15.9. The van der Waals surface area contributed by atoms with Gasteiger partial charge in [0.25, 0.3) is 0 Å². The number of aromatic nitrogens is 4. The minimum absolute atomic E-state index is 0.0816. The first kappa shape index (κ1) is 15.9. The van der Waals surface area contributed by atoms with Crippen molar-refractivity contribution >= 4 is 21.4 Å². The van der Waals surface area contributed by atoms with Gasteiger partial charge in [-0.25, -0.2) is 13.1 Å². The molecule has 0 amide bonds. The smallest absolute Gasteiger partial charge is 0.202 e. The van der Waals surface area contributed by atoms with Crippen molar-refractivity contribution in [2.24, 2.45) is 7.05 Å². The highest BCUT2D eigenvalue weighted by atomic mass is 35.5. The van der Waals surface area contributed by atoms with Crippen LogP contribution in [0.5, 0.6) is 0 Å². The minimum Gasteiger partial charge on any atom is -0.345 e. The quantitative estimate of drug-likeness (QED) is 0.789. The topological polar surface area (TPSA) is 112 Å². The average molecular weight is 358 g/mol. The molecule has 0 saturated carbocycles. The second kappa shape index (κ2) is 5.61. The predicted molar refractivity (Wildman–Crippen MR) is 77.8 cm³/mol. The maximum absolute atomic E-state index is 11.8. The van der Waals surface area contributed by atoms with Gasteiger partial charge in [-0.3, -0.25) is 4.68 Å². The molecule has 1 aliphatic rings. The van der Waals surface area contributed by atoms with Gasteiger partial charge in [0.1, 0.15) is 16.8 Å². The Morgan fingerprint density at radius 1 is 1.43 bits per heavy atom. The Morgan fingerprint density at radius 2 is 2.09 bits per heavy atom. The van der Waals surface area contributed by atoms with Gasteiger partial charge in [-0.1, -0.05) is 11.6 Å². The van der Waals surface area contributed by atoms with Gasteiger partial charge in [0.2, 0.25) is 6.29 Å². The van der Waals surface area contributed by atoms with Crippen LogP contribution in [-0.4, -0.2) is 47.4 Å². The van der Waals surface area contributed by atoms with Gasteiger partial charge < -0.3 is 9.47 Å². The molecule has 23 heavy (non-hydrogen) atoms. The van der Waals surface area contributed by atoms with Crippen LogP contribution in [0, 0.1) is 11.3 Å². The van der Waals surface area contributed by atoms with Crippen LogP contribution in [0.25, 0.3) is 5.82 Å². The Hall–Kier alpha value is -1.93. The zero-order chi connectivity index (χ0) is 16.8. The molecule has 0 aliphatic carbocycles. The number of aryl methyl sites for hydroxylation is 1. The highest BCUT2D eigenvalue weighted by molar-refractivity contribution is 7.90. The van der Waals surface area contributed by atoms with E-state index in [0.29, 0.717) is 18.9 Å². The molecule has 122 valence electrons. The number of ether oxygens (including phenoxy) is 2.